The first-order valence-electron chi connectivity index (χ1n) is 14.9. The highest BCUT2D eigenvalue weighted by Crippen LogP contribution is 2.30. The molecule has 2 aromatic carbocycles. The number of piperazine rings is 1. The van der Waals surface area contributed by atoms with E-state index in [4.69, 9.17) is 9.47 Å². The van der Waals surface area contributed by atoms with Crippen molar-refractivity contribution >= 4 is 23.2 Å². The van der Waals surface area contributed by atoms with Gasteiger partial charge in [-0.15, -0.1) is 0 Å². The minimum atomic E-state index is -1.49. The number of nitriles is 1. The van der Waals surface area contributed by atoms with Gasteiger partial charge in [0.05, 0.1) is 37.1 Å². The van der Waals surface area contributed by atoms with Crippen LogP contribution in [0.5, 0.6) is 5.75 Å². The number of hydrogen-bond acceptors (Lipinski definition) is 11. The Morgan fingerprint density at radius 1 is 1.16 bits per heavy atom. The topological polar surface area (TPSA) is 140 Å². The summed E-state index contributed by atoms with van der Waals surface area (Å²) in [5.41, 5.74) is 1.66. The largest absolute Gasteiger partial charge is 0.486 e. The van der Waals surface area contributed by atoms with Crippen LogP contribution in [0.4, 0.5) is 26.1 Å². The number of ether oxygens (including phenoxy) is 2. The summed E-state index contributed by atoms with van der Waals surface area (Å²) >= 11 is 0. The number of anilines is 3. The van der Waals surface area contributed by atoms with Gasteiger partial charge < -0.3 is 29.7 Å². The van der Waals surface area contributed by atoms with E-state index in [1.165, 1.54) is 30.3 Å². The molecule has 0 radical (unpaired) electrons. The summed E-state index contributed by atoms with van der Waals surface area (Å²) in [5.74, 6) is -0.410. The molecule has 0 saturated carbocycles. The Morgan fingerprint density at radius 2 is 1.96 bits per heavy atom. The number of carbonyl (C=O) groups excluding carboxylic acids is 1. The SMILES string of the molecule is CC(O)C(=O)N1CC[C@H](Oc2ccc(-c3ncnc(Nc4ccc(N5CCN(C6COC6)CC5)cc4F)n3)cc2C#N)[C@H](F)C1. The fourth-order valence-corrected chi connectivity index (χ4v) is 5.70. The highest BCUT2D eigenvalue weighted by atomic mass is 19.1. The van der Waals surface area contributed by atoms with E-state index in [1.54, 1.807) is 18.2 Å². The van der Waals surface area contributed by atoms with Crippen molar-refractivity contribution in [1.82, 2.24) is 24.8 Å². The van der Waals surface area contributed by atoms with E-state index in [9.17, 15) is 19.6 Å². The van der Waals surface area contributed by atoms with Crippen LogP contribution in [0.1, 0.15) is 18.9 Å². The van der Waals surface area contributed by atoms with Gasteiger partial charge in [-0.3, -0.25) is 9.69 Å². The van der Waals surface area contributed by atoms with E-state index in [2.05, 4.69) is 36.1 Å². The van der Waals surface area contributed by atoms with Crippen LogP contribution >= 0.6 is 0 Å². The number of nitrogens with zero attached hydrogens (tertiary/aromatic N) is 7. The summed E-state index contributed by atoms with van der Waals surface area (Å²) in [5, 5.41) is 22.2. The van der Waals surface area contributed by atoms with Crippen molar-refractivity contribution in [2.24, 2.45) is 0 Å². The van der Waals surface area contributed by atoms with E-state index in [-0.39, 0.29) is 48.3 Å². The number of amides is 1. The molecule has 45 heavy (non-hydrogen) atoms. The van der Waals surface area contributed by atoms with Crippen LogP contribution in [0, 0.1) is 17.1 Å². The molecule has 12 nitrogen and oxygen atoms in total. The normalized spacial score (nSPS) is 21.5. The fraction of sp³-hybridized carbons (Fsp3) is 0.452. The number of aliphatic hydroxyl groups is 1. The van der Waals surface area contributed by atoms with Crippen LogP contribution in [0.25, 0.3) is 11.4 Å². The predicted molar refractivity (Wildman–Crippen MR) is 160 cm³/mol. The summed E-state index contributed by atoms with van der Waals surface area (Å²) < 4.78 is 41.1. The lowest BCUT2D eigenvalue weighted by Crippen LogP contribution is -2.56. The first-order chi connectivity index (χ1) is 21.8. The molecule has 0 aliphatic carbocycles. The molecule has 236 valence electrons. The summed E-state index contributed by atoms with van der Waals surface area (Å²) in [7, 11) is 0. The maximum absolute atomic E-state index is 15.1. The second kappa shape index (κ2) is 13.3. The number of rotatable bonds is 8. The lowest BCUT2D eigenvalue weighted by atomic mass is 10.0. The molecule has 4 heterocycles. The van der Waals surface area contributed by atoms with Gasteiger partial charge in [0.2, 0.25) is 5.95 Å². The Morgan fingerprint density at radius 3 is 2.62 bits per heavy atom. The monoisotopic (exact) mass is 620 g/mol. The number of halogens is 2. The van der Waals surface area contributed by atoms with E-state index >= 15 is 4.39 Å². The smallest absolute Gasteiger partial charge is 0.251 e. The zero-order valence-electron chi connectivity index (χ0n) is 24.8. The lowest BCUT2D eigenvalue weighted by molar-refractivity contribution is -0.143. The zero-order valence-corrected chi connectivity index (χ0v) is 24.8. The maximum Gasteiger partial charge on any atom is 0.251 e. The Hall–Kier alpha value is -4.45. The summed E-state index contributed by atoms with van der Waals surface area (Å²) in [6, 6.07) is 12.3. The van der Waals surface area contributed by atoms with Gasteiger partial charge in [-0.1, -0.05) is 0 Å². The minimum absolute atomic E-state index is 0.126. The van der Waals surface area contributed by atoms with Gasteiger partial charge in [0.1, 0.15) is 36.2 Å². The molecular weight excluding hydrogens is 586 g/mol. The minimum Gasteiger partial charge on any atom is -0.486 e. The van der Waals surface area contributed by atoms with Gasteiger partial charge in [-0.05, 0) is 43.3 Å². The van der Waals surface area contributed by atoms with Crippen LogP contribution in [0.3, 0.4) is 0 Å². The molecule has 3 saturated heterocycles. The number of aliphatic hydroxyl groups excluding tert-OH is 1. The molecule has 3 aromatic rings. The van der Waals surface area contributed by atoms with E-state index in [0.717, 1.165) is 45.1 Å². The van der Waals surface area contributed by atoms with Crippen molar-refractivity contribution in [3.63, 3.8) is 0 Å². The zero-order chi connectivity index (χ0) is 31.5. The van der Waals surface area contributed by atoms with Crippen molar-refractivity contribution in [3.05, 3.63) is 54.1 Å². The maximum atomic E-state index is 15.1. The van der Waals surface area contributed by atoms with Crippen LogP contribution in [-0.4, -0.2) is 113 Å². The Labute approximate surface area is 259 Å². The lowest BCUT2D eigenvalue weighted by Gasteiger charge is -2.43. The van der Waals surface area contributed by atoms with Gasteiger partial charge in [-0.2, -0.15) is 10.2 Å². The fourth-order valence-electron chi connectivity index (χ4n) is 5.70. The molecule has 1 aromatic heterocycles. The summed E-state index contributed by atoms with van der Waals surface area (Å²) in [6.45, 7) is 6.38. The number of alkyl halides is 1. The molecule has 3 aliphatic heterocycles. The Balaban J connectivity index is 1.10. The van der Waals surface area contributed by atoms with Crippen molar-refractivity contribution < 1.29 is 28.2 Å². The van der Waals surface area contributed by atoms with Crippen molar-refractivity contribution in [2.75, 3.05) is 62.7 Å². The van der Waals surface area contributed by atoms with E-state index in [1.807, 2.05) is 6.07 Å². The number of carbonyl (C=O) groups is 1. The molecule has 3 aliphatic rings. The second-order valence-corrected chi connectivity index (χ2v) is 11.4. The quantitative estimate of drug-likeness (QED) is 0.384. The molecule has 2 N–H and O–H groups in total. The molecule has 1 unspecified atom stereocenters. The van der Waals surface area contributed by atoms with Crippen molar-refractivity contribution in [1.29, 1.82) is 5.26 Å². The molecule has 14 heteroatoms. The highest BCUT2D eigenvalue weighted by molar-refractivity contribution is 5.80. The molecule has 0 bridgehead atoms. The number of aromatic nitrogens is 3. The molecule has 3 fully saturated rings. The summed E-state index contributed by atoms with van der Waals surface area (Å²) in [6.07, 6.45) is -2.06. The Kier molecular flexibility index (Phi) is 9.02. The van der Waals surface area contributed by atoms with Gasteiger partial charge in [0.25, 0.3) is 5.91 Å². The molecular formula is C31H34F2N8O4. The van der Waals surface area contributed by atoms with Crippen LogP contribution in [0.15, 0.2) is 42.7 Å². The Bertz CT molecular complexity index is 1580. The van der Waals surface area contributed by atoms with Crippen molar-refractivity contribution in [2.45, 2.75) is 37.8 Å². The standard InChI is InChI=1S/C31H34F2N8O4/c1-19(42)30(43)41-7-6-28(25(33)15-41)45-27-5-2-20(12-21(27)14-34)29-35-18-36-31(38-29)37-26-4-3-22(13-24(26)32)39-8-10-40(11-9-39)23-16-44-17-23/h2-5,12-13,18-19,23,25,28,42H,6-11,15-17H2,1H3,(H,35,36,37,38)/t19?,25-,28+/m1/s1. The average molecular weight is 621 g/mol. The van der Waals surface area contributed by atoms with Crippen LogP contribution in [0.2, 0.25) is 0 Å². The molecule has 3 atom stereocenters. The van der Waals surface area contributed by atoms with Gasteiger partial charge in [0.15, 0.2) is 12.0 Å². The third-order valence-electron chi connectivity index (χ3n) is 8.37. The van der Waals surface area contributed by atoms with Crippen molar-refractivity contribution in [3.8, 4) is 23.2 Å². The number of nitrogens with one attached hydrogen (secondary N) is 1. The summed E-state index contributed by atoms with van der Waals surface area (Å²) in [4.78, 5) is 30.6. The van der Waals surface area contributed by atoms with Gasteiger partial charge in [0, 0.05) is 50.4 Å². The third kappa shape index (κ3) is 6.80. The molecule has 6 rings (SSSR count). The predicted octanol–water partition coefficient (Wildman–Crippen LogP) is 2.51. The number of hydrogen-bond donors (Lipinski definition) is 2. The van der Waals surface area contributed by atoms with E-state index < -0.39 is 30.1 Å². The van der Waals surface area contributed by atoms with Crippen LogP contribution < -0.4 is 15.0 Å². The third-order valence-corrected chi connectivity index (χ3v) is 8.37. The van der Waals surface area contributed by atoms with Gasteiger partial charge in [-0.25, -0.2) is 18.7 Å². The van der Waals surface area contributed by atoms with Crippen LogP contribution in [-0.2, 0) is 9.53 Å². The first kappa shape index (κ1) is 30.6. The first-order valence-corrected chi connectivity index (χ1v) is 14.9. The average Bonchev–Trinajstić information content (AvgIpc) is 3.02. The number of likely N-dealkylation sites (tertiary alicyclic amines) is 1. The van der Waals surface area contributed by atoms with Gasteiger partial charge >= 0.3 is 0 Å². The number of benzene rings is 2. The highest BCUT2D eigenvalue weighted by Gasteiger charge is 2.34. The molecule has 0 spiro atoms. The second-order valence-electron chi connectivity index (χ2n) is 11.4. The number of piperidine rings is 1. The van der Waals surface area contributed by atoms with E-state index in [0.29, 0.717) is 11.6 Å². The molecule has 1 amide bonds.